The van der Waals surface area contributed by atoms with Crippen molar-refractivity contribution in [1.29, 1.82) is 0 Å². The average molecular weight is 370 g/mol. The minimum Gasteiger partial charge on any atom is -0.548 e. The van der Waals surface area contributed by atoms with Crippen LogP contribution in [0.25, 0.3) is 0 Å². The van der Waals surface area contributed by atoms with Gasteiger partial charge < -0.3 is 24.7 Å². The van der Waals surface area contributed by atoms with E-state index in [1.54, 1.807) is 24.3 Å². The minimum absolute atomic E-state index is 0.121. The molecular weight excluding hydrogens is 346 g/mol. The van der Waals surface area contributed by atoms with Crippen LogP contribution < -0.4 is 19.9 Å². The van der Waals surface area contributed by atoms with E-state index in [1.807, 2.05) is 45.0 Å². The molecular formula is C21H24NO5-. The van der Waals surface area contributed by atoms with Gasteiger partial charge in [-0.3, -0.25) is 4.79 Å². The Bertz CT molecular complexity index is 753. The number of rotatable bonds is 9. The summed E-state index contributed by atoms with van der Waals surface area (Å²) in [5.74, 6) is 0.168. The van der Waals surface area contributed by atoms with Gasteiger partial charge in [0.1, 0.15) is 17.2 Å². The Kier molecular flexibility index (Phi) is 7.23. The number of benzene rings is 2. The quantitative estimate of drug-likeness (QED) is 0.732. The summed E-state index contributed by atoms with van der Waals surface area (Å²) < 4.78 is 11.1. The molecule has 2 aromatic carbocycles. The highest BCUT2D eigenvalue weighted by Crippen LogP contribution is 2.24. The van der Waals surface area contributed by atoms with Gasteiger partial charge >= 0.3 is 0 Å². The summed E-state index contributed by atoms with van der Waals surface area (Å²) >= 11 is 0. The van der Waals surface area contributed by atoms with E-state index in [0.29, 0.717) is 17.9 Å². The lowest BCUT2D eigenvalue weighted by molar-refractivity contribution is -0.308. The third-order valence-corrected chi connectivity index (χ3v) is 3.78. The maximum Gasteiger partial charge on any atom is 0.258 e. The molecule has 0 saturated heterocycles. The Hall–Kier alpha value is -3.02. The van der Waals surface area contributed by atoms with Crippen LogP contribution >= 0.6 is 0 Å². The predicted octanol–water partition coefficient (Wildman–Crippen LogP) is 2.45. The molecule has 144 valence electrons. The molecule has 0 aliphatic rings. The van der Waals surface area contributed by atoms with Crippen molar-refractivity contribution in [3.05, 3.63) is 54.1 Å². The van der Waals surface area contributed by atoms with Crippen LogP contribution in [-0.2, 0) is 9.59 Å². The summed E-state index contributed by atoms with van der Waals surface area (Å²) in [5.41, 5.74) is 1.15. The summed E-state index contributed by atoms with van der Waals surface area (Å²) in [5, 5.41) is 13.5. The molecule has 0 aliphatic carbocycles. The number of carboxylic acid groups (broad SMARTS) is 1. The molecule has 6 nitrogen and oxygen atoms in total. The molecule has 2 rings (SSSR count). The second-order valence-electron chi connectivity index (χ2n) is 6.74. The topological polar surface area (TPSA) is 87.7 Å². The first kappa shape index (κ1) is 20.3. The van der Waals surface area contributed by atoms with E-state index in [9.17, 15) is 14.7 Å². The van der Waals surface area contributed by atoms with E-state index < -0.39 is 17.9 Å². The summed E-state index contributed by atoms with van der Waals surface area (Å²) in [4.78, 5) is 23.0. The van der Waals surface area contributed by atoms with Crippen LogP contribution in [0.5, 0.6) is 17.2 Å². The van der Waals surface area contributed by atoms with Crippen molar-refractivity contribution >= 4 is 11.9 Å². The maximum atomic E-state index is 11.9. The highest BCUT2D eigenvalue weighted by atomic mass is 16.5. The van der Waals surface area contributed by atoms with Crippen LogP contribution in [0.1, 0.15) is 25.8 Å². The van der Waals surface area contributed by atoms with Gasteiger partial charge in [-0.15, -0.1) is 0 Å². The van der Waals surface area contributed by atoms with E-state index in [0.717, 1.165) is 11.3 Å². The van der Waals surface area contributed by atoms with Crippen molar-refractivity contribution in [3.63, 3.8) is 0 Å². The van der Waals surface area contributed by atoms with Crippen LogP contribution in [0.3, 0.4) is 0 Å². The van der Waals surface area contributed by atoms with Crippen molar-refractivity contribution in [3.8, 4) is 17.2 Å². The highest BCUT2D eigenvalue weighted by molar-refractivity contribution is 5.83. The van der Waals surface area contributed by atoms with Crippen LogP contribution in [0.4, 0.5) is 0 Å². The number of ether oxygens (including phenoxy) is 2. The van der Waals surface area contributed by atoms with E-state index in [2.05, 4.69) is 5.32 Å². The van der Waals surface area contributed by atoms with Crippen LogP contribution in [0.2, 0.25) is 0 Å². The molecule has 1 amide bonds. The van der Waals surface area contributed by atoms with Gasteiger partial charge in [-0.25, -0.2) is 0 Å². The fourth-order valence-electron chi connectivity index (χ4n) is 2.42. The standard InChI is InChI=1S/C21H25NO5/c1-14(2)12-19(21(24)25)22-20(23)13-26-16-8-10-18(11-9-16)27-17-6-4-15(3)5-7-17/h4-11,14,19H,12-13H2,1-3H3,(H,22,23)(H,24,25)/p-1/t19-/m1/s1. The largest absolute Gasteiger partial charge is 0.548 e. The van der Waals surface area contributed by atoms with Crippen molar-refractivity contribution < 1.29 is 24.2 Å². The molecule has 0 fully saturated rings. The van der Waals surface area contributed by atoms with Gasteiger partial charge in [0.05, 0.1) is 12.0 Å². The molecule has 0 radical (unpaired) electrons. The van der Waals surface area contributed by atoms with Crippen LogP contribution in [0.15, 0.2) is 48.5 Å². The molecule has 2 aromatic rings. The summed E-state index contributed by atoms with van der Waals surface area (Å²) in [6.07, 6.45) is 0.305. The normalized spacial score (nSPS) is 11.7. The smallest absolute Gasteiger partial charge is 0.258 e. The minimum atomic E-state index is -1.30. The number of hydrogen-bond donors (Lipinski definition) is 1. The van der Waals surface area contributed by atoms with Crippen molar-refractivity contribution in [1.82, 2.24) is 5.32 Å². The molecule has 0 unspecified atom stereocenters. The van der Waals surface area contributed by atoms with Crippen molar-refractivity contribution in [2.75, 3.05) is 6.61 Å². The van der Waals surface area contributed by atoms with Gasteiger partial charge in [0.2, 0.25) is 0 Å². The van der Waals surface area contributed by atoms with Crippen LogP contribution in [-0.4, -0.2) is 24.5 Å². The first-order valence-electron chi connectivity index (χ1n) is 8.81. The molecule has 0 aliphatic heterocycles. The second-order valence-corrected chi connectivity index (χ2v) is 6.74. The first-order valence-corrected chi connectivity index (χ1v) is 8.81. The van der Waals surface area contributed by atoms with Gasteiger partial charge in [-0.1, -0.05) is 31.5 Å². The number of carboxylic acids is 1. The summed E-state index contributed by atoms with van der Waals surface area (Å²) in [6, 6.07) is 13.5. The summed E-state index contributed by atoms with van der Waals surface area (Å²) in [6.45, 7) is 5.47. The van der Waals surface area contributed by atoms with Crippen molar-refractivity contribution in [2.45, 2.75) is 33.2 Å². The number of carbonyl (C=O) groups is 2. The number of nitrogens with one attached hydrogen (secondary N) is 1. The lowest BCUT2D eigenvalue weighted by Crippen LogP contribution is -2.49. The number of aryl methyl sites for hydroxylation is 1. The molecule has 0 heterocycles. The second kappa shape index (κ2) is 9.62. The number of aliphatic carboxylic acids is 1. The Balaban J connectivity index is 1.84. The van der Waals surface area contributed by atoms with Crippen LogP contribution in [0, 0.1) is 12.8 Å². The molecule has 0 spiro atoms. The molecule has 27 heavy (non-hydrogen) atoms. The lowest BCUT2D eigenvalue weighted by atomic mass is 10.0. The predicted molar refractivity (Wildman–Crippen MR) is 99.6 cm³/mol. The Morgan fingerprint density at radius 1 is 0.963 bits per heavy atom. The molecule has 0 saturated carbocycles. The zero-order chi connectivity index (χ0) is 19.8. The fraction of sp³-hybridized carbons (Fsp3) is 0.333. The number of hydrogen-bond acceptors (Lipinski definition) is 5. The summed E-state index contributed by atoms with van der Waals surface area (Å²) in [7, 11) is 0. The Morgan fingerprint density at radius 3 is 2.00 bits per heavy atom. The van der Waals surface area contributed by atoms with E-state index >= 15 is 0 Å². The third-order valence-electron chi connectivity index (χ3n) is 3.78. The Morgan fingerprint density at radius 2 is 1.48 bits per heavy atom. The van der Waals surface area contributed by atoms with E-state index in [4.69, 9.17) is 9.47 Å². The Labute approximate surface area is 159 Å². The molecule has 1 atom stereocenters. The van der Waals surface area contributed by atoms with Gasteiger partial charge in [-0.2, -0.15) is 0 Å². The molecule has 6 heteroatoms. The van der Waals surface area contributed by atoms with Gasteiger partial charge in [0.15, 0.2) is 6.61 Å². The monoisotopic (exact) mass is 370 g/mol. The SMILES string of the molecule is Cc1ccc(Oc2ccc(OCC(=O)N[C@H](CC(C)C)C(=O)[O-])cc2)cc1. The fourth-order valence-corrected chi connectivity index (χ4v) is 2.42. The average Bonchev–Trinajstić information content (AvgIpc) is 2.62. The van der Waals surface area contributed by atoms with Crippen molar-refractivity contribution in [2.24, 2.45) is 5.92 Å². The van der Waals surface area contributed by atoms with Gasteiger partial charge in [-0.05, 0) is 55.7 Å². The van der Waals surface area contributed by atoms with E-state index in [-0.39, 0.29) is 12.5 Å². The molecule has 0 aromatic heterocycles. The first-order chi connectivity index (χ1) is 12.8. The number of carbonyl (C=O) groups excluding carboxylic acids is 2. The molecule has 1 N–H and O–H groups in total. The number of amides is 1. The third kappa shape index (κ3) is 7.01. The van der Waals surface area contributed by atoms with Gasteiger partial charge in [0.25, 0.3) is 5.91 Å². The van der Waals surface area contributed by atoms with Gasteiger partial charge in [0, 0.05) is 0 Å². The lowest BCUT2D eigenvalue weighted by Gasteiger charge is -2.21. The molecule has 0 bridgehead atoms. The zero-order valence-corrected chi connectivity index (χ0v) is 15.7. The van der Waals surface area contributed by atoms with E-state index in [1.165, 1.54) is 0 Å². The maximum absolute atomic E-state index is 11.9. The highest BCUT2D eigenvalue weighted by Gasteiger charge is 2.15. The zero-order valence-electron chi connectivity index (χ0n) is 15.7.